The van der Waals surface area contributed by atoms with Gasteiger partial charge in [0.1, 0.15) is 13.2 Å². The molecule has 0 amide bonds. The molecule has 0 radical (unpaired) electrons. The van der Waals surface area contributed by atoms with Crippen LogP contribution in [0.1, 0.15) is 21.5 Å². The lowest BCUT2D eigenvalue weighted by molar-refractivity contribution is -0.763. The smallest absolute Gasteiger partial charge is 0.338 e. The van der Waals surface area contributed by atoms with Gasteiger partial charge in [-0.2, -0.15) is 0 Å². The van der Waals surface area contributed by atoms with Crippen molar-refractivity contribution >= 4 is 18.6 Å². The minimum absolute atomic E-state index is 0.0714. The lowest BCUT2D eigenvalue weighted by Gasteiger charge is -2.07. The second kappa shape index (κ2) is 7.46. The Morgan fingerprint density at radius 1 is 1.09 bits per heavy atom. The third-order valence-corrected chi connectivity index (χ3v) is 3.06. The Bertz CT molecular complexity index is 689. The molecule has 0 atom stereocenters. The van der Waals surface area contributed by atoms with Crippen LogP contribution in [0.2, 0.25) is 0 Å². The van der Waals surface area contributed by atoms with Gasteiger partial charge in [-0.15, -0.1) is 22.7 Å². The number of ether oxygens (including phenoxy) is 1. The van der Waals surface area contributed by atoms with E-state index in [1.807, 2.05) is 0 Å². The summed E-state index contributed by atoms with van der Waals surface area (Å²) in [6.45, 7) is -0.0710. The van der Waals surface area contributed by atoms with Crippen molar-refractivity contribution in [3.8, 4) is 0 Å². The summed E-state index contributed by atoms with van der Waals surface area (Å²) in [5.74, 6) is -0.456. The van der Waals surface area contributed by atoms with Crippen molar-refractivity contribution in [2.45, 2.75) is 18.1 Å². The maximum absolute atomic E-state index is 11.9. The van der Waals surface area contributed by atoms with Crippen molar-refractivity contribution in [3.05, 3.63) is 75.3 Å². The summed E-state index contributed by atoms with van der Waals surface area (Å²) in [5.41, 5.74) is 1.77. The zero-order chi connectivity index (χ0) is 15.9. The Kier molecular flexibility index (Phi) is 5.37. The molecule has 2 aromatic carbocycles. The second-order valence-electron chi connectivity index (χ2n) is 4.44. The Hall–Kier alpha value is -2.54. The van der Waals surface area contributed by atoms with Crippen molar-refractivity contribution in [2.24, 2.45) is 0 Å². The molecule has 0 fully saturated rings. The van der Waals surface area contributed by atoms with Gasteiger partial charge in [0, 0.05) is 4.90 Å². The number of carbonyl (C=O) groups excluding carboxylic acids is 1. The number of carbonyl (C=O) groups is 1. The van der Waals surface area contributed by atoms with Crippen molar-refractivity contribution in [1.82, 2.24) is 0 Å². The molecule has 22 heavy (non-hydrogen) atoms. The Morgan fingerprint density at radius 3 is 2.45 bits per heavy atom. The quantitative estimate of drug-likeness (QED) is 0.383. The Labute approximate surface area is 132 Å². The van der Waals surface area contributed by atoms with Crippen molar-refractivity contribution < 1.29 is 19.5 Å². The normalized spacial score (nSPS) is 10.0. The molecule has 0 aliphatic rings. The highest BCUT2D eigenvalue weighted by atomic mass is 32.1. The number of rotatable bonds is 6. The van der Waals surface area contributed by atoms with E-state index in [1.165, 1.54) is 0 Å². The monoisotopic (exact) mass is 319 g/mol. The summed E-state index contributed by atoms with van der Waals surface area (Å²) in [7, 11) is 0. The summed E-state index contributed by atoms with van der Waals surface area (Å²) in [6, 6.07) is 13.6. The highest BCUT2D eigenvalue weighted by Gasteiger charge is 2.08. The predicted molar refractivity (Wildman–Crippen MR) is 81.0 cm³/mol. The molecule has 0 spiro atoms. The van der Waals surface area contributed by atoms with Crippen LogP contribution in [0, 0.1) is 10.1 Å². The molecule has 0 saturated carbocycles. The summed E-state index contributed by atoms with van der Waals surface area (Å²) in [4.78, 5) is 27.0. The maximum atomic E-state index is 11.9. The van der Waals surface area contributed by atoms with Crippen LogP contribution in [0.5, 0.6) is 0 Å². The summed E-state index contributed by atoms with van der Waals surface area (Å²) >= 11 is 4.16. The average Bonchev–Trinajstić information content (AvgIpc) is 2.51. The topological polar surface area (TPSA) is 78.7 Å². The molecule has 0 unspecified atom stereocenters. The van der Waals surface area contributed by atoms with E-state index in [0.717, 1.165) is 5.56 Å². The third kappa shape index (κ3) is 4.78. The molecular weight excluding hydrogens is 306 g/mol. The highest BCUT2D eigenvalue weighted by molar-refractivity contribution is 7.80. The first-order valence-electron chi connectivity index (χ1n) is 6.36. The van der Waals surface area contributed by atoms with Gasteiger partial charge in [-0.3, -0.25) is 0 Å². The van der Waals surface area contributed by atoms with Crippen LogP contribution in [0.25, 0.3) is 0 Å². The van der Waals surface area contributed by atoms with E-state index in [0.29, 0.717) is 16.0 Å². The molecule has 0 N–H and O–H groups in total. The molecular formula is C15H13NO5S. The van der Waals surface area contributed by atoms with Gasteiger partial charge in [0.25, 0.3) is 5.09 Å². The first kappa shape index (κ1) is 15.8. The van der Waals surface area contributed by atoms with Crippen molar-refractivity contribution in [1.29, 1.82) is 0 Å². The molecule has 7 heteroatoms. The zero-order valence-corrected chi connectivity index (χ0v) is 12.4. The standard InChI is InChI=1S/C15H13NO5S/c17-15(13-5-2-6-14(22)8-13)20-9-11-3-1-4-12(7-11)10-21-16(18)19/h1-8,22H,9-10H2. The summed E-state index contributed by atoms with van der Waals surface area (Å²) < 4.78 is 5.20. The van der Waals surface area contributed by atoms with Crippen molar-refractivity contribution in [3.63, 3.8) is 0 Å². The molecule has 0 heterocycles. The minimum atomic E-state index is -0.850. The number of hydrogen-bond acceptors (Lipinski definition) is 6. The third-order valence-electron chi connectivity index (χ3n) is 2.78. The van der Waals surface area contributed by atoms with Crippen LogP contribution in [-0.2, 0) is 22.8 Å². The van der Waals surface area contributed by atoms with Crippen LogP contribution in [0.15, 0.2) is 53.4 Å². The predicted octanol–water partition coefficient (Wildman–Crippen LogP) is 3.04. The summed E-state index contributed by atoms with van der Waals surface area (Å²) in [5, 5.41) is 9.31. The largest absolute Gasteiger partial charge is 0.457 e. The van der Waals surface area contributed by atoms with Gasteiger partial charge in [0.2, 0.25) is 0 Å². The van der Waals surface area contributed by atoms with Crippen LogP contribution in [-0.4, -0.2) is 11.1 Å². The molecule has 0 aliphatic heterocycles. The number of nitrogens with zero attached hydrogens (tertiary/aromatic N) is 1. The van der Waals surface area contributed by atoms with Gasteiger partial charge in [0.05, 0.1) is 5.56 Å². The van der Waals surface area contributed by atoms with Gasteiger partial charge in [-0.05, 0) is 29.3 Å². The zero-order valence-electron chi connectivity index (χ0n) is 11.5. The van der Waals surface area contributed by atoms with E-state index < -0.39 is 11.1 Å². The Balaban J connectivity index is 1.95. The fourth-order valence-electron chi connectivity index (χ4n) is 1.80. The first-order valence-corrected chi connectivity index (χ1v) is 6.80. The Morgan fingerprint density at radius 2 is 1.77 bits per heavy atom. The lowest BCUT2D eigenvalue weighted by Crippen LogP contribution is -2.06. The van der Waals surface area contributed by atoms with E-state index in [2.05, 4.69) is 17.5 Å². The van der Waals surface area contributed by atoms with Gasteiger partial charge in [0.15, 0.2) is 0 Å². The van der Waals surface area contributed by atoms with Crippen LogP contribution >= 0.6 is 12.6 Å². The molecule has 6 nitrogen and oxygen atoms in total. The SMILES string of the molecule is O=C(OCc1cccc(CO[N+](=O)[O-])c1)c1cccc(S)c1. The number of hydrogen-bond donors (Lipinski definition) is 1. The number of esters is 1. The molecule has 0 aromatic heterocycles. The van der Waals surface area contributed by atoms with E-state index in [-0.39, 0.29) is 13.2 Å². The van der Waals surface area contributed by atoms with E-state index in [4.69, 9.17) is 4.74 Å². The lowest BCUT2D eigenvalue weighted by atomic mass is 10.1. The van der Waals surface area contributed by atoms with Gasteiger partial charge in [-0.25, -0.2) is 4.79 Å². The van der Waals surface area contributed by atoms with Crippen LogP contribution in [0.3, 0.4) is 0 Å². The fourth-order valence-corrected chi connectivity index (χ4v) is 2.03. The van der Waals surface area contributed by atoms with E-state index >= 15 is 0 Å². The first-order chi connectivity index (χ1) is 10.5. The van der Waals surface area contributed by atoms with E-state index in [9.17, 15) is 14.9 Å². The van der Waals surface area contributed by atoms with Gasteiger partial charge < -0.3 is 9.57 Å². The maximum Gasteiger partial charge on any atom is 0.338 e. The molecule has 2 aromatic rings. The number of thiol groups is 1. The van der Waals surface area contributed by atoms with Crippen LogP contribution < -0.4 is 0 Å². The summed E-state index contributed by atoms with van der Waals surface area (Å²) in [6.07, 6.45) is 0. The minimum Gasteiger partial charge on any atom is -0.457 e. The van der Waals surface area contributed by atoms with Gasteiger partial charge >= 0.3 is 5.97 Å². The number of benzene rings is 2. The highest BCUT2D eigenvalue weighted by Crippen LogP contribution is 2.12. The molecule has 114 valence electrons. The van der Waals surface area contributed by atoms with Gasteiger partial charge in [-0.1, -0.05) is 30.3 Å². The molecule has 2 rings (SSSR count). The van der Waals surface area contributed by atoms with E-state index in [1.54, 1.807) is 48.5 Å². The molecule has 0 saturated heterocycles. The molecule has 0 bridgehead atoms. The average molecular weight is 319 g/mol. The van der Waals surface area contributed by atoms with Crippen LogP contribution in [0.4, 0.5) is 0 Å². The van der Waals surface area contributed by atoms with Crippen molar-refractivity contribution in [2.75, 3.05) is 0 Å². The fraction of sp³-hybridized carbons (Fsp3) is 0.133. The second-order valence-corrected chi connectivity index (χ2v) is 4.96. The molecule has 0 aliphatic carbocycles.